The van der Waals surface area contributed by atoms with Gasteiger partial charge in [-0.1, -0.05) is 0 Å². The van der Waals surface area contributed by atoms with E-state index < -0.39 is 0 Å². The first-order chi connectivity index (χ1) is 3.41. The van der Waals surface area contributed by atoms with E-state index in [2.05, 4.69) is 4.74 Å². The first-order valence-electron chi connectivity index (χ1n) is 2.21. The molecule has 0 atom stereocenters. The minimum atomic E-state index is 0. The van der Waals surface area contributed by atoms with Crippen molar-refractivity contribution in [3.8, 4) is 0 Å². The average molecular weight is 138 g/mol. The maximum atomic E-state index is 8.09. The minimum Gasteiger partial charge on any atom is -0.394 e. The molecule has 0 saturated carbocycles. The normalized spacial score (nSPS) is 8.25. The van der Waals surface area contributed by atoms with Gasteiger partial charge in [-0.3, -0.25) is 0 Å². The van der Waals surface area contributed by atoms with Gasteiger partial charge >= 0.3 is 0 Å². The van der Waals surface area contributed by atoms with Gasteiger partial charge < -0.3 is 14.9 Å². The molecule has 8 heavy (non-hydrogen) atoms. The summed E-state index contributed by atoms with van der Waals surface area (Å²) in [5.74, 6) is 0. The van der Waals surface area contributed by atoms with Crippen molar-refractivity contribution in [2.24, 2.45) is 0 Å². The Hall–Kier alpha value is 0.230. The number of hydrogen-bond donors (Lipinski definition) is 2. The van der Waals surface area contributed by atoms with Gasteiger partial charge in [0.05, 0.1) is 26.4 Å². The van der Waals surface area contributed by atoms with Crippen molar-refractivity contribution in [1.82, 2.24) is 0 Å². The number of rotatable bonds is 4. The Balaban J connectivity index is 0. The highest BCUT2D eigenvalue weighted by atomic mass is 32.1. The second kappa shape index (κ2) is 10.3. The van der Waals surface area contributed by atoms with Crippen molar-refractivity contribution >= 4 is 13.5 Å². The molecule has 4 heteroatoms. The quantitative estimate of drug-likeness (QED) is 0.521. The van der Waals surface area contributed by atoms with Crippen LogP contribution in [0.25, 0.3) is 0 Å². The van der Waals surface area contributed by atoms with Crippen LogP contribution in [0.15, 0.2) is 0 Å². The third-order valence-electron chi connectivity index (χ3n) is 0.471. The summed E-state index contributed by atoms with van der Waals surface area (Å²) < 4.78 is 4.63. The van der Waals surface area contributed by atoms with E-state index in [0.29, 0.717) is 13.2 Å². The molecular weight excluding hydrogens is 128 g/mol. The summed E-state index contributed by atoms with van der Waals surface area (Å²) in [7, 11) is 0. The fourth-order valence-electron chi connectivity index (χ4n) is 0.231. The van der Waals surface area contributed by atoms with Crippen molar-refractivity contribution in [2.45, 2.75) is 0 Å². The Morgan fingerprint density at radius 2 is 1.38 bits per heavy atom. The molecule has 0 saturated heterocycles. The Kier molecular flexibility index (Phi) is 14.2. The highest BCUT2D eigenvalue weighted by Gasteiger charge is 1.79. The maximum Gasteiger partial charge on any atom is 0.0698 e. The van der Waals surface area contributed by atoms with E-state index in [1.165, 1.54) is 0 Å². The van der Waals surface area contributed by atoms with Gasteiger partial charge in [0, 0.05) is 13.5 Å². The second-order valence-corrected chi connectivity index (χ2v) is 1.06. The van der Waals surface area contributed by atoms with E-state index in [4.69, 9.17) is 10.2 Å². The van der Waals surface area contributed by atoms with Crippen LogP contribution in [0.5, 0.6) is 0 Å². The summed E-state index contributed by atoms with van der Waals surface area (Å²) >= 11 is 0. The number of hydrogen-bond acceptors (Lipinski definition) is 3. The van der Waals surface area contributed by atoms with Crippen molar-refractivity contribution in [3.63, 3.8) is 0 Å². The SMILES string of the molecule is OCCOCCO.[S]. The fraction of sp³-hybridized carbons (Fsp3) is 1.00. The molecule has 0 heterocycles. The van der Waals surface area contributed by atoms with Crippen LogP contribution in [-0.2, 0) is 4.74 Å². The van der Waals surface area contributed by atoms with Crippen molar-refractivity contribution < 1.29 is 14.9 Å². The summed E-state index contributed by atoms with van der Waals surface area (Å²) in [5.41, 5.74) is 0. The highest BCUT2D eigenvalue weighted by molar-refractivity contribution is 7.59. The molecule has 0 aromatic rings. The molecule has 0 aromatic heterocycles. The average Bonchev–Trinajstić information content (AvgIpc) is 1.69. The number of aliphatic hydroxyl groups excluding tert-OH is 2. The lowest BCUT2D eigenvalue weighted by atomic mass is 10.7. The standard InChI is InChI=1S/C4H10O3.S/c5-1-3-7-4-2-6;/h5-6H,1-4H2;. The molecule has 0 bridgehead atoms. The summed E-state index contributed by atoms with van der Waals surface area (Å²) in [6, 6.07) is 0. The third-order valence-corrected chi connectivity index (χ3v) is 0.471. The van der Waals surface area contributed by atoms with Crippen molar-refractivity contribution in [3.05, 3.63) is 0 Å². The largest absolute Gasteiger partial charge is 0.394 e. The summed E-state index contributed by atoms with van der Waals surface area (Å²) in [5, 5.41) is 16.2. The van der Waals surface area contributed by atoms with E-state index in [1.807, 2.05) is 0 Å². The van der Waals surface area contributed by atoms with E-state index in [1.54, 1.807) is 0 Å². The number of ether oxygens (including phenoxy) is 1. The van der Waals surface area contributed by atoms with E-state index >= 15 is 0 Å². The van der Waals surface area contributed by atoms with Crippen molar-refractivity contribution in [1.29, 1.82) is 0 Å². The minimum absolute atomic E-state index is 0. The van der Waals surface area contributed by atoms with Gasteiger partial charge in [0.2, 0.25) is 0 Å². The molecule has 0 aliphatic heterocycles. The lowest BCUT2D eigenvalue weighted by Crippen LogP contribution is -2.03. The Labute approximate surface area is 55.7 Å². The molecule has 0 spiro atoms. The van der Waals surface area contributed by atoms with Crippen LogP contribution >= 0.6 is 13.5 Å². The first kappa shape index (κ1) is 11.1. The van der Waals surface area contributed by atoms with E-state index in [-0.39, 0.29) is 26.7 Å². The van der Waals surface area contributed by atoms with Crippen LogP contribution in [0.3, 0.4) is 0 Å². The predicted molar refractivity (Wildman–Crippen MR) is 32.6 cm³/mol. The van der Waals surface area contributed by atoms with E-state index in [0.717, 1.165) is 0 Å². The van der Waals surface area contributed by atoms with Crippen LogP contribution in [-0.4, -0.2) is 36.6 Å². The Morgan fingerprint density at radius 1 is 1.00 bits per heavy atom. The summed E-state index contributed by atoms with van der Waals surface area (Å²) in [6.45, 7) is 0.696. The van der Waals surface area contributed by atoms with E-state index in [9.17, 15) is 0 Å². The lowest BCUT2D eigenvalue weighted by Gasteiger charge is -1.94. The lowest BCUT2D eigenvalue weighted by molar-refractivity contribution is 0.0650. The molecule has 0 amide bonds. The molecule has 3 nitrogen and oxygen atoms in total. The molecule has 2 radical (unpaired) electrons. The zero-order valence-corrected chi connectivity index (χ0v) is 5.36. The Morgan fingerprint density at radius 3 is 1.62 bits per heavy atom. The molecule has 50 valence electrons. The molecule has 0 unspecified atom stereocenters. The van der Waals surface area contributed by atoms with Crippen LogP contribution < -0.4 is 0 Å². The van der Waals surface area contributed by atoms with Crippen LogP contribution in [0.1, 0.15) is 0 Å². The summed E-state index contributed by atoms with van der Waals surface area (Å²) in [6.07, 6.45) is 0. The molecule has 0 aliphatic rings. The highest BCUT2D eigenvalue weighted by Crippen LogP contribution is 1.68. The molecule has 0 rings (SSSR count). The molecular formula is C4H10O3S. The molecule has 0 fully saturated rings. The van der Waals surface area contributed by atoms with Gasteiger partial charge in [-0.25, -0.2) is 0 Å². The Bertz CT molecular complexity index is 30.5. The van der Waals surface area contributed by atoms with Gasteiger partial charge in [-0.05, 0) is 0 Å². The van der Waals surface area contributed by atoms with Crippen LogP contribution in [0.2, 0.25) is 0 Å². The van der Waals surface area contributed by atoms with Gasteiger partial charge in [0.15, 0.2) is 0 Å². The van der Waals surface area contributed by atoms with Gasteiger partial charge in [0.1, 0.15) is 0 Å². The van der Waals surface area contributed by atoms with Crippen LogP contribution in [0, 0.1) is 0 Å². The second-order valence-electron chi connectivity index (χ2n) is 1.06. The third kappa shape index (κ3) is 9.52. The first-order valence-corrected chi connectivity index (χ1v) is 2.21. The summed E-state index contributed by atoms with van der Waals surface area (Å²) in [4.78, 5) is 0. The molecule has 2 N–H and O–H groups in total. The smallest absolute Gasteiger partial charge is 0.0698 e. The zero-order valence-electron chi connectivity index (χ0n) is 4.54. The van der Waals surface area contributed by atoms with Gasteiger partial charge in [0.25, 0.3) is 0 Å². The van der Waals surface area contributed by atoms with Gasteiger partial charge in [-0.2, -0.15) is 0 Å². The number of aliphatic hydroxyl groups is 2. The van der Waals surface area contributed by atoms with Crippen molar-refractivity contribution in [2.75, 3.05) is 26.4 Å². The van der Waals surface area contributed by atoms with Gasteiger partial charge in [-0.15, -0.1) is 0 Å². The fourth-order valence-corrected chi connectivity index (χ4v) is 0.231. The van der Waals surface area contributed by atoms with Crippen LogP contribution in [0.4, 0.5) is 0 Å². The predicted octanol–water partition coefficient (Wildman–Crippen LogP) is -0.364. The monoisotopic (exact) mass is 138 g/mol. The zero-order chi connectivity index (χ0) is 5.54. The topological polar surface area (TPSA) is 49.7 Å². The molecule has 0 aromatic carbocycles. The molecule has 0 aliphatic carbocycles. The maximum absolute atomic E-state index is 8.09.